The third-order valence-corrected chi connectivity index (χ3v) is 5.67. The average molecular weight is 427 g/mol. The van der Waals surface area contributed by atoms with Gasteiger partial charge in [-0.25, -0.2) is 0 Å². The number of Topliss-reactive ketones (excluding diaryl/α,β-unsaturated/α-hetero) is 1. The Balaban J connectivity index is 1.77. The van der Waals surface area contributed by atoms with Gasteiger partial charge in [0.25, 0.3) is 0 Å². The number of ketones is 1. The predicted molar refractivity (Wildman–Crippen MR) is 110 cm³/mol. The minimum absolute atomic E-state index is 0.0761. The van der Waals surface area contributed by atoms with Crippen LogP contribution >= 0.6 is 0 Å². The molecule has 2 aliphatic rings. The van der Waals surface area contributed by atoms with E-state index in [1.54, 1.807) is 31.5 Å². The summed E-state index contributed by atoms with van der Waals surface area (Å²) in [5.41, 5.74) is 1.06. The Bertz CT molecular complexity index is 1090. The van der Waals surface area contributed by atoms with Crippen molar-refractivity contribution in [2.24, 2.45) is 10.9 Å². The highest BCUT2D eigenvalue weighted by atomic mass is 19.4. The number of benzene rings is 1. The molecule has 0 spiro atoms. The Morgan fingerprint density at radius 2 is 1.81 bits per heavy atom. The number of pyridine rings is 1. The SMILES string of the molecule is CC1=NC2=C(C(=O)CCC2)[C@H](c2ccncc2)C1C(=O)Nc1ccccc1C(F)(F)F. The van der Waals surface area contributed by atoms with Gasteiger partial charge in [0.2, 0.25) is 5.91 Å². The van der Waals surface area contributed by atoms with Gasteiger partial charge in [0.1, 0.15) is 0 Å². The number of hydrogen-bond donors (Lipinski definition) is 1. The first-order valence-corrected chi connectivity index (χ1v) is 9.96. The number of carbonyl (C=O) groups is 2. The minimum Gasteiger partial charge on any atom is -0.325 e. The molecule has 4 rings (SSSR count). The second-order valence-corrected chi connectivity index (χ2v) is 7.66. The van der Waals surface area contributed by atoms with Crippen LogP contribution in [0.25, 0.3) is 0 Å². The van der Waals surface area contributed by atoms with Gasteiger partial charge in [0.05, 0.1) is 17.2 Å². The lowest BCUT2D eigenvalue weighted by molar-refractivity contribution is -0.137. The monoisotopic (exact) mass is 427 g/mol. The number of nitrogens with one attached hydrogen (secondary N) is 1. The van der Waals surface area contributed by atoms with Crippen LogP contribution < -0.4 is 5.32 Å². The van der Waals surface area contributed by atoms with E-state index in [1.807, 2.05) is 0 Å². The van der Waals surface area contributed by atoms with Crippen LogP contribution in [0.4, 0.5) is 18.9 Å². The summed E-state index contributed by atoms with van der Waals surface area (Å²) in [7, 11) is 0. The number of carbonyl (C=O) groups excluding carboxylic acids is 2. The maximum absolute atomic E-state index is 13.4. The molecule has 0 saturated carbocycles. The number of anilines is 1. The fourth-order valence-corrected chi connectivity index (χ4v) is 4.33. The molecule has 0 saturated heterocycles. The van der Waals surface area contributed by atoms with Gasteiger partial charge in [-0.3, -0.25) is 19.6 Å². The zero-order valence-corrected chi connectivity index (χ0v) is 16.7. The van der Waals surface area contributed by atoms with E-state index in [2.05, 4.69) is 15.3 Å². The van der Waals surface area contributed by atoms with Crippen molar-refractivity contribution in [3.05, 3.63) is 71.2 Å². The van der Waals surface area contributed by atoms with E-state index in [0.29, 0.717) is 41.8 Å². The Hall–Kier alpha value is -3.29. The molecule has 1 aromatic carbocycles. The van der Waals surface area contributed by atoms with Crippen LogP contribution in [0.2, 0.25) is 0 Å². The summed E-state index contributed by atoms with van der Waals surface area (Å²) in [6, 6.07) is 8.28. The van der Waals surface area contributed by atoms with Crippen molar-refractivity contribution in [2.45, 2.75) is 38.3 Å². The highest BCUT2D eigenvalue weighted by Crippen LogP contribution is 2.44. The lowest BCUT2D eigenvalue weighted by atomic mass is 9.71. The second-order valence-electron chi connectivity index (χ2n) is 7.66. The van der Waals surface area contributed by atoms with Crippen LogP contribution in [0.5, 0.6) is 0 Å². The molecule has 2 atom stereocenters. The molecule has 5 nitrogen and oxygen atoms in total. The highest BCUT2D eigenvalue weighted by Gasteiger charge is 2.43. The topological polar surface area (TPSA) is 71.4 Å². The van der Waals surface area contributed by atoms with Crippen LogP contribution in [-0.2, 0) is 15.8 Å². The molecular formula is C23H20F3N3O2. The molecule has 2 heterocycles. The Kier molecular flexibility index (Phi) is 5.47. The molecule has 0 radical (unpaired) electrons. The predicted octanol–water partition coefficient (Wildman–Crippen LogP) is 4.92. The lowest BCUT2D eigenvalue weighted by Crippen LogP contribution is -2.39. The van der Waals surface area contributed by atoms with Gasteiger partial charge in [-0.1, -0.05) is 12.1 Å². The van der Waals surface area contributed by atoms with Gasteiger partial charge < -0.3 is 5.32 Å². The van der Waals surface area contributed by atoms with E-state index in [-0.39, 0.29) is 11.5 Å². The molecule has 1 amide bonds. The zero-order chi connectivity index (χ0) is 22.2. The summed E-state index contributed by atoms with van der Waals surface area (Å²) in [4.78, 5) is 34.6. The quantitative estimate of drug-likeness (QED) is 0.756. The number of allylic oxidation sites excluding steroid dienone is 2. The maximum atomic E-state index is 13.4. The summed E-state index contributed by atoms with van der Waals surface area (Å²) in [5.74, 6) is -2.25. The van der Waals surface area contributed by atoms with E-state index in [0.717, 1.165) is 6.07 Å². The fraction of sp³-hybridized carbons (Fsp3) is 0.304. The molecule has 31 heavy (non-hydrogen) atoms. The van der Waals surface area contributed by atoms with Crippen LogP contribution in [0, 0.1) is 5.92 Å². The number of halogens is 3. The third kappa shape index (κ3) is 4.02. The maximum Gasteiger partial charge on any atom is 0.418 e. The van der Waals surface area contributed by atoms with Crippen LogP contribution in [0.1, 0.15) is 43.2 Å². The largest absolute Gasteiger partial charge is 0.418 e. The van der Waals surface area contributed by atoms with Crippen LogP contribution in [0.15, 0.2) is 65.1 Å². The van der Waals surface area contributed by atoms with Crippen molar-refractivity contribution < 1.29 is 22.8 Å². The highest BCUT2D eigenvalue weighted by molar-refractivity contribution is 6.13. The van der Waals surface area contributed by atoms with E-state index in [4.69, 9.17) is 0 Å². The van der Waals surface area contributed by atoms with Gasteiger partial charge in [-0.05, 0) is 49.6 Å². The molecule has 1 aromatic heterocycles. The van der Waals surface area contributed by atoms with Crippen molar-refractivity contribution in [3.8, 4) is 0 Å². The number of para-hydroxylation sites is 1. The normalized spacial score (nSPS) is 21.4. The first-order valence-electron chi connectivity index (χ1n) is 9.96. The standard InChI is InChI=1S/C23H20F3N3O2/c1-13-19(22(31)29-16-6-3-2-5-15(16)23(24,25)26)20(14-9-11-27-12-10-14)21-17(28-13)7-4-8-18(21)30/h2-3,5-6,9-12,19-20H,4,7-8H2,1H3,(H,29,31)/t19?,20-/m1/s1. The number of aliphatic imine (C=N–C) groups is 1. The van der Waals surface area contributed by atoms with Crippen molar-refractivity contribution in [2.75, 3.05) is 5.32 Å². The first-order chi connectivity index (χ1) is 14.8. The number of rotatable bonds is 3. The molecule has 1 unspecified atom stereocenters. The van der Waals surface area contributed by atoms with E-state index in [9.17, 15) is 22.8 Å². The number of aromatic nitrogens is 1. The Labute approximate surface area is 177 Å². The van der Waals surface area contributed by atoms with Gasteiger partial charge in [-0.15, -0.1) is 0 Å². The van der Waals surface area contributed by atoms with E-state index in [1.165, 1.54) is 18.2 Å². The van der Waals surface area contributed by atoms with E-state index >= 15 is 0 Å². The smallest absolute Gasteiger partial charge is 0.325 e. The summed E-state index contributed by atoms with van der Waals surface area (Å²) in [5, 5.41) is 2.44. The lowest BCUT2D eigenvalue weighted by Gasteiger charge is -2.35. The minimum atomic E-state index is -4.61. The molecule has 2 aromatic rings. The number of nitrogens with zero attached hydrogens (tertiary/aromatic N) is 2. The summed E-state index contributed by atoms with van der Waals surface area (Å²) < 4.78 is 40.2. The first kappa shape index (κ1) is 21.0. The Morgan fingerprint density at radius 3 is 2.52 bits per heavy atom. The second kappa shape index (κ2) is 8.09. The summed E-state index contributed by atoms with van der Waals surface area (Å²) >= 11 is 0. The van der Waals surface area contributed by atoms with Crippen LogP contribution in [0.3, 0.4) is 0 Å². The summed E-state index contributed by atoms with van der Waals surface area (Å²) in [6.45, 7) is 1.68. The van der Waals surface area contributed by atoms with Crippen LogP contribution in [-0.4, -0.2) is 22.4 Å². The fourth-order valence-electron chi connectivity index (χ4n) is 4.33. The zero-order valence-electron chi connectivity index (χ0n) is 16.7. The molecule has 1 aliphatic carbocycles. The van der Waals surface area contributed by atoms with Gasteiger partial charge in [0, 0.05) is 41.7 Å². The molecule has 0 bridgehead atoms. The van der Waals surface area contributed by atoms with Crippen molar-refractivity contribution in [1.82, 2.24) is 4.98 Å². The molecule has 1 aliphatic heterocycles. The molecule has 0 fully saturated rings. The number of amides is 1. The van der Waals surface area contributed by atoms with Gasteiger partial charge in [0.15, 0.2) is 5.78 Å². The van der Waals surface area contributed by atoms with Crippen molar-refractivity contribution >= 4 is 23.1 Å². The van der Waals surface area contributed by atoms with E-state index < -0.39 is 29.5 Å². The van der Waals surface area contributed by atoms with Gasteiger partial charge in [-0.2, -0.15) is 13.2 Å². The Morgan fingerprint density at radius 1 is 1.10 bits per heavy atom. The summed E-state index contributed by atoms with van der Waals surface area (Å²) in [6.07, 6.45) is 0.202. The number of hydrogen-bond acceptors (Lipinski definition) is 4. The molecule has 160 valence electrons. The number of alkyl halides is 3. The molecule has 1 N–H and O–H groups in total. The van der Waals surface area contributed by atoms with Crippen molar-refractivity contribution in [1.29, 1.82) is 0 Å². The van der Waals surface area contributed by atoms with Crippen molar-refractivity contribution in [3.63, 3.8) is 0 Å². The molecular weight excluding hydrogens is 407 g/mol. The average Bonchev–Trinajstić information content (AvgIpc) is 2.73. The molecule has 8 heteroatoms. The van der Waals surface area contributed by atoms with Gasteiger partial charge >= 0.3 is 6.18 Å². The third-order valence-electron chi connectivity index (χ3n) is 5.67.